The van der Waals surface area contributed by atoms with Gasteiger partial charge in [-0.25, -0.2) is 0 Å². The highest BCUT2D eigenvalue weighted by molar-refractivity contribution is 5.63. The monoisotopic (exact) mass is 413 g/mol. The molecule has 4 nitrogen and oxygen atoms in total. The molecule has 0 aromatic rings. The fourth-order valence-electron chi connectivity index (χ4n) is 4.14. The lowest BCUT2D eigenvalue weighted by molar-refractivity contribution is -0.893. The number of aliphatic carboxylic acids is 1. The Hall–Kier alpha value is -0.610. The summed E-state index contributed by atoms with van der Waals surface area (Å²) in [7, 11) is 4.49. The van der Waals surface area contributed by atoms with Gasteiger partial charge in [0, 0.05) is 5.97 Å². The van der Waals surface area contributed by atoms with Crippen molar-refractivity contribution in [2.75, 3.05) is 27.2 Å². The van der Waals surface area contributed by atoms with Crippen molar-refractivity contribution < 1.29 is 19.5 Å². The second kappa shape index (κ2) is 19.4. The third kappa shape index (κ3) is 21.9. The summed E-state index contributed by atoms with van der Waals surface area (Å²) in [5.74, 6) is -0.923. The molecule has 0 aliphatic rings. The quantitative estimate of drug-likeness (QED) is 0.196. The van der Waals surface area contributed by atoms with Crippen LogP contribution in [0.4, 0.5) is 0 Å². The van der Waals surface area contributed by atoms with E-state index in [1.54, 1.807) is 0 Å². The molecule has 1 unspecified atom stereocenters. The zero-order chi connectivity index (χ0) is 21.8. The van der Waals surface area contributed by atoms with Crippen LogP contribution in [-0.4, -0.2) is 48.8 Å². The molecule has 0 saturated carbocycles. The first kappa shape index (κ1) is 28.4. The molecule has 4 heteroatoms. The van der Waals surface area contributed by atoms with Gasteiger partial charge in [-0.1, -0.05) is 90.4 Å². The second-order valence-corrected chi connectivity index (χ2v) is 9.71. The summed E-state index contributed by atoms with van der Waals surface area (Å²) in [5.41, 5.74) is 0. The Labute approximate surface area is 181 Å². The third-order valence-electron chi connectivity index (χ3n) is 5.99. The van der Waals surface area contributed by atoms with Gasteiger partial charge in [0.15, 0.2) is 0 Å². The SMILES string of the molecule is CCCCCCCCCCC(O)C[N+](C)(C)CCCCCCCCCCC(=O)[O-]. The minimum Gasteiger partial charge on any atom is -0.550 e. The molecular formula is C25H51NO3. The fraction of sp³-hybridized carbons (Fsp3) is 0.960. The van der Waals surface area contributed by atoms with E-state index in [9.17, 15) is 15.0 Å². The van der Waals surface area contributed by atoms with Gasteiger partial charge in [-0.05, 0) is 32.1 Å². The Morgan fingerprint density at radius 3 is 1.72 bits per heavy atom. The number of aliphatic hydroxyl groups excluding tert-OH is 1. The Balaban J connectivity index is 3.51. The van der Waals surface area contributed by atoms with Gasteiger partial charge in [-0.15, -0.1) is 0 Å². The topological polar surface area (TPSA) is 60.4 Å². The minimum atomic E-state index is -0.923. The van der Waals surface area contributed by atoms with Gasteiger partial charge >= 0.3 is 0 Å². The molecule has 0 heterocycles. The van der Waals surface area contributed by atoms with Crippen molar-refractivity contribution in [1.29, 1.82) is 0 Å². The van der Waals surface area contributed by atoms with E-state index in [1.165, 1.54) is 77.0 Å². The van der Waals surface area contributed by atoms with Crippen LogP contribution in [0, 0.1) is 0 Å². The highest BCUT2D eigenvalue weighted by Crippen LogP contribution is 2.14. The second-order valence-electron chi connectivity index (χ2n) is 9.71. The van der Waals surface area contributed by atoms with Gasteiger partial charge in [0.05, 0.1) is 20.6 Å². The lowest BCUT2D eigenvalue weighted by Gasteiger charge is -2.32. The van der Waals surface area contributed by atoms with E-state index in [0.29, 0.717) is 0 Å². The molecule has 0 aliphatic carbocycles. The van der Waals surface area contributed by atoms with Crippen LogP contribution in [-0.2, 0) is 4.79 Å². The van der Waals surface area contributed by atoms with Gasteiger partial charge in [0.1, 0.15) is 12.6 Å². The van der Waals surface area contributed by atoms with Crippen molar-refractivity contribution in [3.8, 4) is 0 Å². The highest BCUT2D eigenvalue weighted by atomic mass is 16.4. The van der Waals surface area contributed by atoms with Gasteiger partial charge in [-0.2, -0.15) is 0 Å². The lowest BCUT2D eigenvalue weighted by Crippen LogP contribution is -2.45. The number of carbonyl (C=O) groups is 1. The molecule has 0 aromatic carbocycles. The maximum absolute atomic E-state index is 10.4. The van der Waals surface area contributed by atoms with Gasteiger partial charge in [0.25, 0.3) is 0 Å². The van der Waals surface area contributed by atoms with E-state index < -0.39 is 5.97 Å². The number of unbranched alkanes of at least 4 members (excludes halogenated alkanes) is 14. The van der Waals surface area contributed by atoms with Crippen molar-refractivity contribution in [3.05, 3.63) is 0 Å². The van der Waals surface area contributed by atoms with Crippen molar-refractivity contribution in [1.82, 2.24) is 0 Å². The van der Waals surface area contributed by atoms with Crippen LogP contribution in [0.1, 0.15) is 122 Å². The van der Waals surface area contributed by atoms with Gasteiger partial charge in [0.2, 0.25) is 0 Å². The van der Waals surface area contributed by atoms with E-state index in [4.69, 9.17) is 0 Å². The van der Waals surface area contributed by atoms with Crippen molar-refractivity contribution in [2.45, 2.75) is 129 Å². The third-order valence-corrected chi connectivity index (χ3v) is 5.99. The number of hydrogen-bond donors (Lipinski definition) is 1. The molecule has 0 saturated heterocycles. The molecule has 0 radical (unpaired) electrons. The molecule has 0 bridgehead atoms. The van der Waals surface area contributed by atoms with Crippen LogP contribution < -0.4 is 5.11 Å². The molecular weight excluding hydrogens is 362 g/mol. The number of carboxylic acid groups (broad SMARTS) is 1. The van der Waals surface area contributed by atoms with Crippen molar-refractivity contribution >= 4 is 5.97 Å². The number of carboxylic acids is 1. The first-order valence-electron chi connectivity index (χ1n) is 12.6. The first-order valence-corrected chi connectivity index (χ1v) is 12.6. The van der Waals surface area contributed by atoms with Gasteiger partial charge < -0.3 is 19.5 Å². The average molecular weight is 414 g/mol. The number of quaternary nitrogens is 1. The molecule has 0 aliphatic heterocycles. The molecule has 0 amide bonds. The number of rotatable bonds is 22. The van der Waals surface area contributed by atoms with Crippen LogP contribution in [0.15, 0.2) is 0 Å². The zero-order valence-electron chi connectivity index (χ0n) is 19.9. The lowest BCUT2D eigenvalue weighted by atomic mass is 10.0. The largest absolute Gasteiger partial charge is 0.550 e. The summed E-state index contributed by atoms with van der Waals surface area (Å²) < 4.78 is 0.918. The molecule has 0 aromatic heterocycles. The van der Waals surface area contributed by atoms with Crippen molar-refractivity contribution in [2.24, 2.45) is 0 Å². The molecule has 0 fully saturated rings. The summed E-state index contributed by atoms with van der Waals surface area (Å²) in [5, 5.41) is 20.7. The van der Waals surface area contributed by atoms with E-state index in [0.717, 1.165) is 49.7 Å². The highest BCUT2D eigenvalue weighted by Gasteiger charge is 2.19. The van der Waals surface area contributed by atoms with Crippen molar-refractivity contribution in [3.63, 3.8) is 0 Å². The Morgan fingerprint density at radius 2 is 1.21 bits per heavy atom. The number of nitrogens with zero attached hydrogens (tertiary/aromatic N) is 1. The molecule has 0 rings (SSSR count). The predicted molar refractivity (Wildman–Crippen MR) is 122 cm³/mol. The Bertz CT molecular complexity index is 371. The number of likely N-dealkylation sites (N-methyl/N-ethyl adjacent to an activating group) is 1. The molecule has 1 atom stereocenters. The van der Waals surface area contributed by atoms with Crippen LogP contribution in [0.5, 0.6) is 0 Å². The van der Waals surface area contributed by atoms with E-state index >= 15 is 0 Å². The molecule has 1 N–H and O–H groups in total. The maximum atomic E-state index is 10.4. The summed E-state index contributed by atoms with van der Waals surface area (Å²) in [6.07, 6.45) is 20.7. The smallest absolute Gasteiger partial charge is 0.105 e. The van der Waals surface area contributed by atoms with Crippen LogP contribution in [0.3, 0.4) is 0 Å². The predicted octanol–water partition coefficient (Wildman–Crippen LogP) is 5.22. The number of hydrogen-bond acceptors (Lipinski definition) is 3. The zero-order valence-corrected chi connectivity index (χ0v) is 19.9. The van der Waals surface area contributed by atoms with E-state index in [2.05, 4.69) is 21.0 Å². The normalized spacial score (nSPS) is 13.0. The summed E-state index contributed by atoms with van der Waals surface area (Å²) >= 11 is 0. The van der Waals surface area contributed by atoms with Gasteiger partial charge in [-0.3, -0.25) is 0 Å². The summed E-state index contributed by atoms with van der Waals surface area (Å²) in [6, 6.07) is 0. The average Bonchev–Trinajstić information content (AvgIpc) is 2.64. The number of carbonyl (C=O) groups excluding carboxylic acids is 1. The molecule has 0 spiro atoms. The molecule has 174 valence electrons. The Morgan fingerprint density at radius 1 is 0.759 bits per heavy atom. The number of aliphatic hydroxyl groups is 1. The van der Waals surface area contributed by atoms with Crippen LogP contribution >= 0.6 is 0 Å². The Kier molecular flexibility index (Phi) is 19.0. The molecule has 29 heavy (non-hydrogen) atoms. The van der Waals surface area contributed by atoms with E-state index in [1.807, 2.05) is 0 Å². The standard InChI is InChI=1S/C25H51NO3/c1-4-5-6-7-8-11-14-17-20-24(27)23-26(2,3)22-19-16-13-10-9-12-15-18-21-25(28)29/h24,27H,4-23H2,1-3H3. The van der Waals surface area contributed by atoms with Crippen LogP contribution in [0.2, 0.25) is 0 Å². The first-order chi connectivity index (χ1) is 13.9. The fourth-order valence-corrected chi connectivity index (χ4v) is 4.14. The summed E-state index contributed by atoms with van der Waals surface area (Å²) in [6.45, 7) is 4.27. The summed E-state index contributed by atoms with van der Waals surface area (Å²) in [4.78, 5) is 10.3. The maximum Gasteiger partial charge on any atom is 0.105 e. The van der Waals surface area contributed by atoms with Crippen LogP contribution in [0.25, 0.3) is 0 Å². The van der Waals surface area contributed by atoms with E-state index in [-0.39, 0.29) is 12.5 Å². The minimum absolute atomic E-state index is 0.161.